The maximum absolute atomic E-state index is 13.6. The van der Waals surface area contributed by atoms with Crippen molar-refractivity contribution in [3.05, 3.63) is 117 Å². The number of carbonyl (C=O) groups excluding carboxylic acids is 1. The molecule has 5 rings (SSSR count). The molecule has 1 aliphatic heterocycles. The van der Waals surface area contributed by atoms with E-state index in [2.05, 4.69) is 17.4 Å². The zero-order chi connectivity index (χ0) is 25.1. The second kappa shape index (κ2) is 10.5. The number of pyridine rings is 1. The van der Waals surface area contributed by atoms with E-state index in [1.165, 1.54) is 21.7 Å². The quantitative estimate of drug-likeness (QED) is 0.276. The van der Waals surface area contributed by atoms with Crippen molar-refractivity contribution in [2.75, 3.05) is 11.9 Å². The van der Waals surface area contributed by atoms with Gasteiger partial charge in [-0.15, -0.1) is 0 Å². The molecule has 2 aromatic carbocycles. The number of thiocarbonyl (C=S) groups is 1. The molecule has 0 saturated carbocycles. The first-order chi connectivity index (χ1) is 17.5. The van der Waals surface area contributed by atoms with E-state index in [1.54, 1.807) is 17.2 Å². The second-order valence-electron chi connectivity index (χ2n) is 8.48. The van der Waals surface area contributed by atoms with E-state index in [-0.39, 0.29) is 11.5 Å². The third-order valence-electron chi connectivity index (χ3n) is 5.97. The third-order valence-corrected chi connectivity index (χ3v) is 7.34. The van der Waals surface area contributed by atoms with Crippen LogP contribution in [0.15, 0.2) is 88.7 Å². The van der Waals surface area contributed by atoms with Crippen molar-refractivity contribution < 1.29 is 4.79 Å². The number of thioether (sulfide) groups is 1. The fourth-order valence-corrected chi connectivity index (χ4v) is 5.32. The summed E-state index contributed by atoms with van der Waals surface area (Å²) in [6, 6.07) is 23.6. The molecule has 3 heterocycles. The number of nitrogens with one attached hydrogen (secondary N) is 1. The Morgan fingerprint density at radius 1 is 0.972 bits per heavy atom. The molecule has 36 heavy (non-hydrogen) atoms. The first-order valence-electron chi connectivity index (χ1n) is 11.6. The lowest BCUT2D eigenvalue weighted by atomic mass is 10.1. The number of amides is 1. The molecule has 180 valence electrons. The van der Waals surface area contributed by atoms with Crippen LogP contribution >= 0.6 is 24.0 Å². The lowest BCUT2D eigenvalue weighted by Crippen LogP contribution is -2.27. The largest absolute Gasteiger partial charge is 0.369 e. The molecule has 1 fully saturated rings. The fourth-order valence-electron chi connectivity index (χ4n) is 4.08. The monoisotopic (exact) mass is 512 g/mol. The zero-order valence-electron chi connectivity index (χ0n) is 19.7. The molecule has 4 aromatic rings. The average Bonchev–Trinajstić information content (AvgIpc) is 3.15. The highest BCUT2D eigenvalue weighted by molar-refractivity contribution is 8.26. The van der Waals surface area contributed by atoms with Gasteiger partial charge in [-0.2, -0.15) is 0 Å². The van der Waals surface area contributed by atoms with E-state index in [4.69, 9.17) is 17.2 Å². The lowest BCUT2D eigenvalue weighted by molar-refractivity contribution is -0.122. The molecule has 0 atom stereocenters. The van der Waals surface area contributed by atoms with Crippen molar-refractivity contribution >= 4 is 51.7 Å². The summed E-state index contributed by atoms with van der Waals surface area (Å²) in [5, 5.41) is 3.34. The van der Waals surface area contributed by atoms with Gasteiger partial charge >= 0.3 is 0 Å². The van der Waals surface area contributed by atoms with Gasteiger partial charge in [0.05, 0.1) is 17.0 Å². The predicted molar refractivity (Wildman–Crippen MR) is 150 cm³/mol. The number of aryl methyl sites for hydroxylation is 1. The molecule has 1 amide bonds. The van der Waals surface area contributed by atoms with Crippen molar-refractivity contribution in [3.63, 3.8) is 0 Å². The Balaban J connectivity index is 1.49. The van der Waals surface area contributed by atoms with Crippen LogP contribution in [0, 0.1) is 6.92 Å². The zero-order valence-corrected chi connectivity index (χ0v) is 21.3. The number of fused-ring (bicyclic) bond motifs is 1. The third kappa shape index (κ3) is 4.96. The molecule has 0 spiro atoms. The number of nitrogens with zero attached hydrogens (tertiary/aromatic N) is 3. The van der Waals surface area contributed by atoms with E-state index in [9.17, 15) is 9.59 Å². The summed E-state index contributed by atoms with van der Waals surface area (Å²) >= 11 is 6.71. The van der Waals surface area contributed by atoms with Crippen LogP contribution in [0.1, 0.15) is 22.3 Å². The maximum atomic E-state index is 13.6. The minimum absolute atomic E-state index is 0.210. The summed E-state index contributed by atoms with van der Waals surface area (Å²) in [5.74, 6) is 0.247. The van der Waals surface area contributed by atoms with Gasteiger partial charge in [-0.05, 0) is 42.2 Å². The molecule has 1 N–H and O–H groups in total. The number of hydrogen-bond acceptors (Lipinski definition) is 6. The van der Waals surface area contributed by atoms with Crippen LogP contribution in [-0.2, 0) is 17.8 Å². The standard InChI is InChI=1S/C28H24N4O2S2/c1-19-9-8-16-31-25(19)30-24(29-15-14-20-10-4-2-5-11-20)22(26(31)33)17-23-27(34)32(28(35)36-23)18-21-12-6-3-7-13-21/h2-13,16-17,29H,14-15,18H2,1H3/b23-17+. The van der Waals surface area contributed by atoms with E-state index < -0.39 is 0 Å². The first kappa shape index (κ1) is 24.0. The van der Waals surface area contributed by atoms with E-state index in [1.807, 2.05) is 67.6 Å². The second-order valence-corrected chi connectivity index (χ2v) is 10.2. The van der Waals surface area contributed by atoms with E-state index >= 15 is 0 Å². The smallest absolute Gasteiger partial charge is 0.267 e. The highest BCUT2D eigenvalue weighted by Crippen LogP contribution is 2.34. The van der Waals surface area contributed by atoms with Gasteiger partial charge in [-0.25, -0.2) is 4.98 Å². The number of aromatic nitrogens is 2. The van der Waals surface area contributed by atoms with Crippen molar-refractivity contribution in [1.29, 1.82) is 0 Å². The topological polar surface area (TPSA) is 66.7 Å². The van der Waals surface area contributed by atoms with Crippen molar-refractivity contribution in [2.45, 2.75) is 19.9 Å². The van der Waals surface area contributed by atoms with Crippen LogP contribution < -0.4 is 10.9 Å². The molecule has 0 aliphatic carbocycles. The molecule has 0 unspecified atom stereocenters. The minimum Gasteiger partial charge on any atom is -0.369 e. The van der Waals surface area contributed by atoms with Crippen molar-refractivity contribution in [2.24, 2.45) is 0 Å². The van der Waals surface area contributed by atoms with E-state index in [0.717, 1.165) is 17.5 Å². The molecule has 2 aromatic heterocycles. The molecule has 1 saturated heterocycles. The van der Waals surface area contributed by atoms with Gasteiger partial charge in [0.2, 0.25) is 0 Å². The lowest BCUT2D eigenvalue weighted by Gasteiger charge is -2.14. The Kier molecular flexibility index (Phi) is 6.97. The van der Waals surface area contributed by atoms with Gasteiger partial charge in [0, 0.05) is 12.7 Å². The Bertz CT molecular complexity index is 1530. The summed E-state index contributed by atoms with van der Waals surface area (Å²) in [7, 11) is 0. The minimum atomic E-state index is -0.237. The number of hydrogen-bond donors (Lipinski definition) is 1. The maximum Gasteiger partial charge on any atom is 0.267 e. The van der Waals surface area contributed by atoms with Crippen LogP contribution in [0.5, 0.6) is 0 Å². The van der Waals surface area contributed by atoms with Gasteiger partial charge in [0.15, 0.2) is 0 Å². The van der Waals surface area contributed by atoms with Crippen LogP contribution in [-0.4, -0.2) is 31.1 Å². The van der Waals surface area contributed by atoms with Crippen molar-refractivity contribution in [1.82, 2.24) is 14.3 Å². The van der Waals surface area contributed by atoms with Crippen LogP contribution in [0.4, 0.5) is 5.82 Å². The number of carbonyl (C=O) groups is 1. The Hall–Kier alpha value is -3.75. The average molecular weight is 513 g/mol. The summed E-state index contributed by atoms with van der Waals surface area (Å²) in [6.07, 6.45) is 4.09. The summed E-state index contributed by atoms with van der Waals surface area (Å²) in [4.78, 5) is 33.6. The Morgan fingerprint density at radius 2 is 1.67 bits per heavy atom. The number of benzene rings is 2. The van der Waals surface area contributed by atoms with E-state index in [0.29, 0.717) is 39.3 Å². The van der Waals surface area contributed by atoms with Gasteiger partial charge in [-0.1, -0.05) is 90.7 Å². The molecular weight excluding hydrogens is 488 g/mol. The molecule has 0 radical (unpaired) electrons. The number of rotatable bonds is 7. The Morgan fingerprint density at radius 3 is 2.39 bits per heavy atom. The first-order valence-corrected chi connectivity index (χ1v) is 12.8. The SMILES string of the molecule is Cc1cccn2c(=O)c(/C=C3/SC(=S)N(Cc4ccccc4)C3=O)c(NCCc3ccccc3)nc12. The molecule has 0 bridgehead atoms. The summed E-state index contributed by atoms with van der Waals surface area (Å²) in [5.41, 5.74) is 3.74. The number of anilines is 1. The summed E-state index contributed by atoms with van der Waals surface area (Å²) in [6.45, 7) is 2.90. The van der Waals surface area contributed by atoms with Gasteiger partial charge < -0.3 is 5.32 Å². The highest BCUT2D eigenvalue weighted by atomic mass is 32.2. The summed E-state index contributed by atoms with van der Waals surface area (Å²) < 4.78 is 1.99. The predicted octanol–water partition coefficient (Wildman–Crippen LogP) is 5.06. The van der Waals surface area contributed by atoms with Crippen LogP contribution in [0.3, 0.4) is 0 Å². The highest BCUT2D eigenvalue weighted by Gasteiger charge is 2.32. The Labute approximate surface area is 218 Å². The van der Waals surface area contributed by atoms with Crippen LogP contribution in [0.2, 0.25) is 0 Å². The molecule has 8 heteroatoms. The molecular formula is C28H24N4O2S2. The van der Waals surface area contributed by atoms with Gasteiger partial charge in [-0.3, -0.25) is 18.9 Å². The fraction of sp³-hybridized carbons (Fsp3) is 0.143. The normalized spacial score (nSPS) is 14.7. The van der Waals surface area contributed by atoms with Gasteiger partial charge in [0.1, 0.15) is 15.8 Å². The molecule has 6 nitrogen and oxygen atoms in total. The van der Waals surface area contributed by atoms with Gasteiger partial charge in [0.25, 0.3) is 11.5 Å². The molecule has 1 aliphatic rings. The van der Waals surface area contributed by atoms with Crippen LogP contribution in [0.25, 0.3) is 11.7 Å². The van der Waals surface area contributed by atoms with Crippen molar-refractivity contribution in [3.8, 4) is 0 Å².